The van der Waals surface area contributed by atoms with Crippen molar-refractivity contribution in [1.29, 1.82) is 0 Å². The molecule has 2 amide bonds. The van der Waals surface area contributed by atoms with Gasteiger partial charge in [-0.25, -0.2) is 0 Å². The van der Waals surface area contributed by atoms with Gasteiger partial charge in [-0.15, -0.1) is 0 Å². The van der Waals surface area contributed by atoms with Gasteiger partial charge in [0.15, 0.2) is 6.61 Å². The lowest BCUT2D eigenvalue weighted by atomic mass is 10.1. The Morgan fingerprint density at radius 1 is 0.861 bits per heavy atom. The molecule has 0 bridgehead atoms. The van der Waals surface area contributed by atoms with Crippen molar-refractivity contribution in [3.8, 4) is 5.75 Å². The number of fused-ring (bicyclic) bond motifs is 1. The third-order valence-electron chi connectivity index (χ3n) is 6.22. The van der Waals surface area contributed by atoms with E-state index in [0.717, 1.165) is 22.5 Å². The van der Waals surface area contributed by atoms with E-state index in [0.29, 0.717) is 37.4 Å². The monoisotopic (exact) mass is 477 g/mol. The Morgan fingerprint density at radius 2 is 1.61 bits per heavy atom. The second-order valence-corrected chi connectivity index (χ2v) is 8.72. The fraction of sp³-hybridized carbons (Fsp3) is 0.167. The predicted molar refractivity (Wildman–Crippen MR) is 139 cm³/mol. The summed E-state index contributed by atoms with van der Waals surface area (Å²) in [4.78, 5) is 34.0. The number of para-hydroxylation sites is 2. The fourth-order valence-corrected chi connectivity index (χ4v) is 4.30. The van der Waals surface area contributed by atoms with Gasteiger partial charge in [-0.2, -0.15) is 0 Å². The maximum Gasteiger partial charge on any atom is 0.265 e. The van der Waals surface area contributed by atoms with E-state index in [-0.39, 0.29) is 18.4 Å². The molecule has 0 aliphatic carbocycles. The van der Waals surface area contributed by atoms with Gasteiger partial charge in [0.25, 0.3) is 11.8 Å². The molecule has 0 radical (unpaired) electrons. The number of nitrogens with zero attached hydrogens (tertiary/aromatic N) is 3. The molecule has 0 fully saturated rings. The van der Waals surface area contributed by atoms with Crippen LogP contribution in [0, 0.1) is 0 Å². The molecule has 2 heterocycles. The van der Waals surface area contributed by atoms with Crippen LogP contribution in [0.3, 0.4) is 0 Å². The third kappa shape index (κ3) is 5.44. The van der Waals surface area contributed by atoms with E-state index >= 15 is 0 Å². The molecule has 0 saturated carbocycles. The number of carbonyl (C=O) groups is 2. The summed E-state index contributed by atoms with van der Waals surface area (Å²) in [7, 11) is 0. The number of rotatable bonds is 8. The minimum atomic E-state index is -0.0857. The van der Waals surface area contributed by atoms with E-state index in [4.69, 9.17) is 4.74 Å². The second kappa shape index (κ2) is 10.9. The average molecular weight is 478 g/mol. The third-order valence-corrected chi connectivity index (χ3v) is 6.22. The summed E-state index contributed by atoms with van der Waals surface area (Å²) in [6.45, 7) is 1.53. The maximum atomic E-state index is 13.5. The van der Waals surface area contributed by atoms with E-state index in [1.54, 1.807) is 11.1 Å². The summed E-state index contributed by atoms with van der Waals surface area (Å²) < 4.78 is 5.54. The van der Waals surface area contributed by atoms with Crippen molar-refractivity contribution < 1.29 is 14.3 Å². The number of anilines is 1. The number of ether oxygens (including phenoxy) is 1. The van der Waals surface area contributed by atoms with E-state index < -0.39 is 0 Å². The van der Waals surface area contributed by atoms with Crippen molar-refractivity contribution in [2.24, 2.45) is 0 Å². The van der Waals surface area contributed by atoms with Crippen molar-refractivity contribution in [1.82, 2.24) is 9.88 Å². The van der Waals surface area contributed by atoms with E-state index in [2.05, 4.69) is 4.98 Å². The van der Waals surface area contributed by atoms with Crippen LogP contribution in [0.1, 0.15) is 27.2 Å². The van der Waals surface area contributed by atoms with Gasteiger partial charge in [0, 0.05) is 37.0 Å². The van der Waals surface area contributed by atoms with Gasteiger partial charge < -0.3 is 14.5 Å². The Morgan fingerprint density at radius 3 is 2.39 bits per heavy atom. The molecule has 0 spiro atoms. The summed E-state index contributed by atoms with van der Waals surface area (Å²) in [5.41, 5.74) is 4.35. The molecule has 3 aromatic carbocycles. The van der Waals surface area contributed by atoms with Crippen LogP contribution in [0.5, 0.6) is 5.75 Å². The normalized spacial score (nSPS) is 12.6. The number of benzene rings is 3. The highest BCUT2D eigenvalue weighted by molar-refractivity contribution is 5.98. The Kier molecular flexibility index (Phi) is 7.03. The molecule has 5 rings (SSSR count). The largest absolute Gasteiger partial charge is 0.482 e. The summed E-state index contributed by atoms with van der Waals surface area (Å²) in [5, 5.41) is 0. The molecule has 180 valence electrons. The van der Waals surface area contributed by atoms with Gasteiger partial charge in [-0.05, 0) is 47.5 Å². The van der Waals surface area contributed by atoms with Crippen LogP contribution < -0.4 is 9.64 Å². The van der Waals surface area contributed by atoms with Crippen LogP contribution >= 0.6 is 0 Å². The Balaban J connectivity index is 1.31. The highest BCUT2D eigenvalue weighted by Crippen LogP contribution is 2.32. The number of amides is 2. The number of hydrogen-bond donors (Lipinski definition) is 0. The first-order valence-electron chi connectivity index (χ1n) is 12.0. The molecule has 1 aromatic heterocycles. The van der Waals surface area contributed by atoms with Crippen LogP contribution in [0.25, 0.3) is 0 Å². The van der Waals surface area contributed by atoms with Crippen LogP contribution in [0.2, 0.25) is 0 Å². The molecule has 36 heavy (non-hydrogen) atoms. The Bertz CT molecular complexity index is 1320. The van der Waals surface area contributed by atoms with Crippen molar-refractivity contribution >= 4 is 17.5 Å². The lowest BCUT2D eigenvalue weighted by molar-refractivity contribution is -0.121. The lowest BCUT2D eigenvalue weighted by Gasteiger charge is -2.29. The standard InChI is InChI=1S/C30H27N3O3/c34-29-22-36-28-12-5-4-11-27(28)33(29)21-24-13-15-25(16-14-24)30(35)32(20-23-8-2-1-3-9-23)19-17-26-10-6-7-18-31-26/h1-16,18H,17,19-22H2. The molecule has 0 N–H and O–H groups in total. The highest BCUT2D eigenvalue weighted by atomic mass is 16.5. The summed E-state index contributed by atoms with van der Waals surface area (Å²) in [5.74, 6) is 0.583. The Labute approximate surface area is 210 Å². The van der Waals surface area contributed by atoms with Crippen LogP contribution in [-0.2, 0) is 24.3 Å². The average Bonchev–Trinajstić information content (AvgIpc) is 2.94. The number of carbonyl (C=O) groups excluding carboxylic acids is 2. The van der Waals surface area contributed by atoms with Crippen molar-refractivity contribution in [2.45, 2.75) is 19.5 Å². The summed E-state index contributed by atoms with van der Waals surface area (Å²) in [6.07, 6.45) is 2.45. The van der Waals surface area contributed by atoms with Crippen LogP contribution in [0.4, 0.5) is 5.69 Å². The van der Waals surface area contributed by atoms with Gasteiger partial charge >= 0.3 is 0 Å². The van der Waals surface area contributed by atoms with Gasteiger partial charge in [-0.1, -0.05) is 60.7 Å². The van der Waals surface area contributed by atoms with E-state index in [9.17, 15) is 9.59 Å². The summed E-state index contributed by atoms with van der Waals surface area (Å²) >= 11 is 0. The molecule has 6 heteroatoms. The molecular formula is C30H27N3O3. The van der Waals surface area contributed by atoms with Crippen molar-refractivity contribution in [3.63, 3.8) is 0 Å². The fourth-order valence-electron chi connectivity index (χ4n) is 4.30. The van der Waals surface area contributed by atoms with Crippen LogP contribution in [0.15, 0.2) is 103 Å². The Hall–Kier alpha value is -4.45. The van der Waals surface area contributed by atoms with Crippen molar-refractivity contribution in [3.05, 3.63) is 126 Å². The van der Waals surface area contributed by atoms with E-state index in [1.165, 1.54) is 0 Å². The van der Waals surface area contributed by atoms with Gasteiger partial charge in [0.2, 0.25) is 0 Å². The smallest absolute Gasteiger partial charge is 0.265 e. The zero-order valence-corrected chi connectivity index (χ0v) is 19.9. The quantitative estimate of drug-likeness (QED) is 0.362. The molecular weight excluding hydrogens is 450 g/mol. The number of aromatic nitrogens is 1. The van der Waals surface area contributed by atoms with Gasteiger partial charge in [-0.3, -0.25) is 14.6 Å². The lowest BCUT2D eigenvalue weighted by Crippen LogP contribution is -2.38. The molecule has 0 unspecified atom stereocenters. The van der Waals surface area contributed by atoms with Crippen molar-refractivity contribution in [2.75, 3.05) is 18.1 Å². The first kappa shape index (κ1) is 23.3. The van der Waals surface area contributed by atoms with E-state index in [1.807, 2.05) is 102 Å². The summed E-state index contributed by atoms with van der Waals surface area (Å²) in [6, 6.07) is 30.9. The number of pyridine rings is 1. The maximum absolute atomic E-state index is 13.5. The molecule has 1 aliphatic rings. The highest BCUT2D eigenvalue weighted by Gasteiger charge is 2.25. The first-order chi connectivity index (χ1) is 17.7. The number of hydrogen-bond acceptors (Lipinski definition) is 4. The topological polar surface area (TPSA) is 62.7 Å². The molecule has 4 aromatic rings. The zero-order chi connectivity index (χ0) is 24.7. The van der Waals surface area contributed by atoms with Gasteiger partial charge in [0.05, 0.1) is 12.2 Å². The minimum absolute atomic E-state index is 0.0261. The van der Waals surface area contributed by atoms with Crippen LogP contribution in [-0.4, -0.2) is 34.8 Å². The molecule has 0 atom stereocenters. The molecule has 6 nitrogen and oxygen atoms in total. The zero-order valence-electron chi connectivity index (χ0n) is 19.9. The first-order valence-corrected chi connectivity index (χ1v) is 12.0. The molecule has 0 saturated heterocycles. The SMILES string of the molecule is O=C(c1ccc(CN2C(=O)COc3ccccc32)cc1)N(CCc1ccccn1)Cc1ccccc1. The minimum Gasteiger partial charge on any atom is -0.482 e. The van der Waals surface area contributed by atoms with Gasteiger partial charge in [0.1, 0.15) is 5.75 Å². The predicted octanol–water partition coefficient (Wildman–Crippen LogP) is 4.89. The second-order valence-electron chi connectivity index (χ2n) is 8.72. The molecule has 1 aliphatic heterocycles.